The molecule has 0 spiro atoms. The number of carbonyl (C=O) groups is 1. The number of hydrogen-bond donors (Lipinski definition) is 6. The molecule has 0 heterocycles. The minimum atomic E-state index is -4.50. The Morgan fingerprint density at radius 2 is 1.15 bits per heavy atom. The molecular weight excluding hydrogens is 235 g/mol. The van der Waals surface area contributed by atoms with Crippen LogP contribution in [0.15, 0.2) is 0 Å². The van der Waals surface area contributed by atoms with Crippen molar-refractivity contribution in [1.29, 1.82) is 0 Å². The molecule has 7 nitrogen and oxygen atoms in total. The fraction of sp³-hybridized carbons (Fsp3) is 0.667. The third-order valence-electron chi connectivity index (χ3n) is 0.765. The van der Waals surface area contributed by atoms with Gasteiger partial charge in [0.25, 0.3) is 0 Å². The summed E-state index contributed by atoms with van der Waals surface area (Å²) in [7, 11) is -9.00. The van der Waals surface area contributed by atoms with E-state index in [1.165, 1.54) is 0 Å². The Kier molecular flexibility index (Phi) is 7.04. The fourth-order valence-electron chi connectivity index (χ4n) is 0.509. The average Bonchev–Trinajstić information content (AvgIpc) is 1.49. The van der Waals surface area contributed by atoms with E-state index in [9.17, 15) is 13.2 Å². The number of Topliss-reactive ketones (excluding diaryl/α,β-unsaturated/α-hetero) is 1. The van der Waals surface area contributed by atoms with Gasteiger partial charge in [-0.1, -0.05) is 0 Å². The zero-order valence-electron chi connectivity index (χ0n) is 5.82. The van der Waals surface area contributed by atoms with E-state index in [1.54, 1.807) is 0 Å². The van der Waals surface area contributed by atoms with Gasteiger partial charge < -0.3 is 18.2 Å². The number of hydrogen-bond acceptors (Lipinski definition) is 3. The van der Waals surface area contributed by atoms with Crippen molar-refractivity contribution in [2.45, 2.75) is 0 Å². The number of ketones is 1. The molecule has 0 aromatic heterocycles. The van der Waals surface area contributed by atoms with Crippen LogP contribution in [0, 0.1) is 0 Å². The summed E-state index contributed by atoms with van der Waals surface area (Å²) in [4.78, 5) is 10.5. The minimum absolute atomic E-state index is 0. The number of rotatable bonds is 4. The zero-order valence-corrected chi connectivity index (χ0v) is 7.61. The molecule has 0 aliphatic carbocycles. The molecule has 0 fully saturated rings. The van der Waals surface area contributed by atoms with Crippen molar-refractivity contribution in [3.05, 3.63) is 0 Å². The van der Waals surface area contributed by atoms with E-state index in [1.807, 2.05) is 0 Å². The van der Waals surface area contributed by atoms with Crippen molar-refractivity contribution in [1.82, 2.24) is 0 Å². The van der Waals surface area contributed by atoms with E-state index in [-0.39, 0.29) is 29.6 Å². The predicted octanol–water partition coefficient (Wildman–Crippen LogP) is -2.17. The molecule has 0 bridgehead atoms. The Morgan fingerprint density at radius 1 is 0.923 bits per heavy atom. The van der Waals surface area contributed by atoms with E-state index in [2.05, 4.69) is 0 Å². The van der Waals surface area contributed by atoms with Crippen molar-refractivity contribution in [3.63, 3.8) is 0 Å². The summed E-state index contributed by atoms with van der Waals surface area (Å²) in [6, 6.07) is 0. The number of thiol groups is 2. The van der Waals surface area contributed by atoms with E-state index in [0.29, 0.717) is 0 Å². The zero-order chi connectivity index (χ0) is 9.99. The molecule has 0 unspecified atom stereocenters. The SMILES string of the molecule is O=C(C[SH](=O)(O)O)C[SH](=O)(O)O.[NaH]. The van der Waals surface area contributed by atoms with Crippen LogP contribution >= 0.6 is 0 Å². The Balaban J connectivity index is 0. The standard InChI is InChI=1S/C3H10O7S2.Na.H/c4-3(1-11(5,6)7)2-12(8,9)10;;/h11-12H,1-2H2,(H2,5,6,7)(H2,8,9,10);;. The molecule has 0 radical (unpaired) electrons. The van der Waals surface area contributed by atoms with Gasteiger partial charge in [-0.3, -0.25) is 4.79 Å². The Hall–Kier alpha value is 0.810. The first-order chi connectivity index (χ1) is 5.10. The first-order valence-corrected chi connectivity index (χ1v) is 6.30. The maximum absolute atomic E-state index is 10.5. The molecule has 0 aromatic carbocycles. The summed E-state index contributed by atoms with van der Waals surface area (Å²) < 4.78 is 53.2. The van der Waals surface area contributed by atoms with Crippen LogP contribution in [0.4, 0.5) is 0 Å². The van der Waals surface area contributed by atoms with Crippen molar-refractivity contribution in [3.8, 4) is 0 Å². The maximum atomic E-state index is 10.5. The van der Waals surface area contributed by atoms with Crippen LogP contribution in [0.2, 0.25) is 0 Å². The number of carbonyl (C=O) groups excluding carboxylic acids is 1. The van der Waals surface area contributed by atoms with Crippen LogP contribution in [0.1, 0.15) is 0 Å². The summed E-state index contributed by atoms with van der Waals surface area (Å²) in [5.41, 5.74) is 0. The average molecular weight is 246 g/mol. The molecule has 0 atom stereocenters. The van der Waals surface area contributed by atoms with Gasteiger partial charge in [0.15, 0.2) is 5.78 Å². The molecule has 0 saturated heterocycles. The van der Waals surface area contributed by atoms with Crippen molar-refractivity contribution >= 4 is 56.3 Å². The Labute approximate surface area is 98.7 Å². The fourth-order valence-corrected chi connectivity index (χ4v) is 1.83. The molecule has 13 heavy (non-hydrogen) atoms. The molecule has 0 amide bonds. The summed E-state index contributed by atoms with van der Waals surface area (Å²) >= 11 is 0. The van der Waals surface area contributed by atoms with Crippen LogP contribution < -0.4 is 0 Å². The van der Waals surface area contributed by atoms with Gasteiger partial charge in [0.2, 0.25) is 0 Å². The van der Waals surface area contributed by atoms with Gasteiger partial charge in [-0.25, -0.2) is 8.42 Å². The summed E-state index contributed by atoms with van der Waals surface area (Å²) in [5, 5.41) is 0. The first-order valence-electron chi connectivity index (χ1n) is 2.71. The van der Waals surface area contributed by atoms with Gasteiger partial charge in [-0.2, -0.15) is 0 Å². The van der Waals surface area contributed by atoms with Crippen molar-refractivity contribution in [2.75, 3.05) is 11.5 Å². The predicted molar refractivity (Wildman–Crippen MR) is 51.5 cm³/mol. The van der Waals surface area contributed by atoms with Crippen LogP contribution in [0.5, 0.6) is 0 Å². The van der Waals surface area contributed by atoms with Gasteiger partial charge in [-0.05, 0) is 0 Å². The second kappa shape index (κ2) is 5.63. The first kappa shape index (κ1) is 16.2. The molecule has 0 saturated carbocycles. The topological polar surface area (TPSA) is 132 Å². The molecule has 0 aromatic rings. The molecule has 0 rings (SSSR count). The monoisotopic (exact) mass is 246 g/mol. The van der Waals surface area contributed by atoms with Crippen LogP contribution in [0.25, 0.3) is 0 Å². The third kappa shape index (κ3) is 12.8. The summed E-state index contributed by atoms with van der Waals surface area (Å²) in [6.07, 6.45) is 0. The van der Waals surface area contributed by atoms with Crippen molar-refractivity contribution < 1.29 is 31.4 Å². The molecule has 4 N–H and O–H groups in total. The molecule has 0 aliphatic rings. The van der Waals surface area contributed by atoms with E-state index in [0.717, 1.165) is 0 Å². The van der Waals surface area contributed by atoms with Crippen LogP contribution in [0.3, 0.4) is 0 Å². The molecule has 0 aliphatic heterocycles. The van der Waals surface area contributed by atoms with E-state index >= 15 is 0 Å². The van der Waals surface area contributed by atoms with E-state index in [4.69, 9.17) is 18.2 Å². The van der Waals surface area contributed by atoms with Gasteiger partial charge in [0.1, 0.15) is 11.5 Å². The van der Waals surface area contributed by atoms with Gasteiger partial charge >= 0.3 is 29.6 Å². The second-order valence-electron chi connectivity index (χ2n) is 2.18. The van der Waals surface area contributed by atoms with E-state index < -0.39 is 38.3 Å². The van der Waals surface area contributed by atoms with Gasteiger partial charge in [0.05, 0.1) is 21.0 Å². The van der Waals surface area contributed by atoms with Crippen molar-refractivity contribution in [2.24, 2.45) is 0 Å². The summed E-state index contributed by atoms with van der Waals surface area (Å²) in [6.45, 7) is 0. The van der Waals surface area contributed by atoms with Crippen LogP contribution in [-0.4, -0.2) is 73.5 Å². The summed E-state index contributed by atoms with van der Waals surface area (Å²) in [5.74, 6) is -3.40. The van der Waals surface area contributed by atoms with Gasteiger partial charge in [-0.15, -0.1) is 0 Å². The molecule has 78 valence electrons. The normalized spacial score (nSPS) is 14.5. The Bertz CT molecular complexity index is 237. The molecule has 10 heteroatoms. The second-order valence-corrected chi connectivity index (χ2v) is 5.48. The third-order valence-corrected chi connectivity index (χ3v) is 2.29. The molecular formula is C3H11NaO7S2. The quantitative estimate of drug-likeness (QED) is 0.246. The Morgan fingerprint density at radius 3 is 1.31 bits per heavy atom. The van der Waals surface area contributed by atoms with Crippen LogP contribution in [-0.2, 0) is 25.8 Å². The van der Waals surface area contributed by atoms with Gasteiger partial charge in [0, 0.05) is 0 Å².